The van der Waals surface area contributed by atoms with Gasteiger partial charge < -0.3 is 9.84 Å². The number of carbonyl (C=O) groups is 1. The smallest absolute Gasteiger partial charge is 0.477 e. The molecule has 0 aromatic heterocycles. The first-order valence-corrected chi connectivity index (χ1v) is 5.98. The highest BCUT2D eigenvalue weighted by atomic mass is 19.4. The van der Waals surface area contributed by atoms with Crippen LogP contribution in [0.25, 0.3) is 11.1 Å². The van der Waals surface area contributed by atoms with Gasteiger partial charge in [-0.2, -0.15) is 0 Å². The van der Waals surface area contributed by atoms with Crippen molar-refractivity contribution >= 4 is 5.97 Å². The molecule has 10 heteroatoms. The van der Waals surface area contributed by atoms with Crippen LogP contribution in [-0.2, 0) is 0 Å². The standard InChI is InChI=1S/C14H5F7O3/c15-9-7(10(16)12(18)8(11(9)17)13(22)23)5-2-1-3-6(4-5)24-14(19,20)21/h1-4H,(H,22,23). The van der Waals surface area contributed by atoms with Crippen molar-refractivity contribution in [1.82, 2.24) is 0 Å². The number of hydrogen-bond donors (Lipinski definition) is 1. The molecule has 0 bridgehead atoms. The number of ether oxygens (including phenoxy) is 1. The van der Waals surface area contributed by atoms with Gasteiger partial charge >= 0.3 is 12.3 Å². The zero-order valence-corrected chi connectivity index (χ0v) is 11.2. The Balaban J connectivity index is 2.66. The molecule has 2 rings (SSSR count). The summed E-state index contributed by atoms with van der Waals surface area (Å²) < 4.78 is 95.1. The Morgan fingerprint density at radius 2 is 1.50 bits per heavy atom. The Morgan fingerprint density at radius 1 is 0.958 bits per heavy atom. The van der Waals surface area contributed by atoms with E-state index in [1.807, 2.05) is 0 Å². The SMILES string of the molecule is O=C(O)c1c(F)c(F)c(-c2cccc(OC(F)(F)F)c2)c(F)c1F. The summed E-state index contributed by atoms with van der Waals surface area (Å²) in [6.45, 7) is 0. The van der Waals surface area contributed by atoms with Gasteiger partial charge in [-0.25, -0.2) is 22.4 Å². The third-order valence-electron chi connectivity index (χ3n) is 2.83. The maximum absolute atomic E-state index is 13.9. The number of carboxylic acid groups (broad SMARTS) is 1. The topological polar surface area (TPSA) is 46.5 Å². The molecular formula is C14H5F7O3. The van der Waals surface area contributed by atoms with Crippen LogP contribution >= 0.6 is 0 Å². The van der Waals surface area contributed by atoms with Gasteiger partial charge in [0.15, 0.2) is 23.3 Å². The number of halogens is 7. The molecule has 2 aromatic rings. The third-order valence-corrected chi connectivity index (χ3v) is 2.83. The molecule has 0 amide bonds. The van der Waals surface area contributed by atoms with Crippen LogP contribution in [0.15, 0.2) is 24.3 Å². The van der Waals surface area contributed by atoms with E-state index < -0.39 is 58.0 Å². The van der Waals surface area contributed by atoms with Crippen molar-refractivity contribution < 1.29 is 45.4 Å². The number of alkyl halides is 3. The van der Waals surface area contributed by atoms with Crippen molar-refractivity contribution in [3.8, 4) is 16.9 Å². The Bertz CT molecular complexity index is 786. The predicted octanol–water partition coefficient (Wildman–Crippen LogP) is 4.51. The fourth-order valence-corrected chi connectivity index (χ4v) is 1.92. The molecule has 24 heavy (non-hydrogen) atoms. The molecule has 0 fully saturated rings. The lowest BCUT2D eigenvalue weighted by molar-refractivity contribution is -0.274. The lowest BCUT2D eigenvalue weighted by Crippen LogP contribution is -2.17. The summed E-state index contributed by atoms with van der Waals surface area (Å²) >= 11 is 0. The Kier molecular flexibility index (Phi) is 4.41. The molecule has 2 aromatic carbocycles. The summed E-state index contributed by atoms with van der Waals surface area (Å²) in [7, 11) is 0. The van der Waals surface area contributed by atoms with Crippen LogP contribution < -0.4 is 4.74 Å². The average Bonchev–Trinajstić information content (AvgIpc) is 2.44. The van der Waals surface area contributed by atoms with Crippen LogP contribution in [0.5, 0.6) is 5.75 Å². The maximum atomic E-state index is 13.9. The van der Waals surface area contributed by atoms with Gasteiger partial charge in [0.25, 0.3) is 0 Å². The second-order valence-electron chi connectivity index (χ2n) is 4.39. The van der Waals surface area contributed by atoms with Crippen LogP contribution in [0.1, 0.15) is 10.4 Å². The predicted molar refractivity (Wildman–Crippen MR) is 65.4 cm³/mol. The van der Waals surface area contributed by atoms with E-state index in [1.54, 1.807) is 0 Å². The fourth-order valence-electron chi connectivity index (χ4n) is 1.92. The Hall–Kier alpha value is -2.78. The second-order valence-corrected chi connectivity index (χ2v) is 4.39. The van der Waals surface area contributed by atoms with Crippen LogP contribution in [0.2, 0.25) is 0 Å². The quantitative estimate of drug-likeness (QED) is 0.652. The molecule has 0 heterocycles. The molecule has 0 aliphatic heterocycles. The van der Waals surface area contributed by atoms with Gasteiger partial charge in [0, 0.05) is 0 Å². The van der Waals surface area contributed by atoms with Crippen molar-refractivity contribution in [2.75, 3.05) is 0 Å². The minimum atomic E-state index is -5.10. The van der Waals surface area contributed by atoms with Gasteiger partial charge in [0.1, 0.15) is 11.3 Å². The normalized spacial score (nSPS) is 11.5. The Morgan fingerprint density at radius 3 is 1.96 bits per heavy atom. The number of benzene rings is 2. The molecule has 0 unspecified atom stereocenters. The van der Waals surface area contributed by atoms with E-state index in [-0.39, 0.29) is 0 Å². The summed E-state index contributed by atoms with van der Waals surface area (Å²) in [5, 5.41) is 8.57. The van der Waals surface area contributed by atoms with E-state index in [9.17, 15) is 35.5 Å². The second kappa shape index (κ2) is 6.02. The van der Waals surface area contributed by atoms with Gasteiger partial charge in [-0.3, -0.25) is 0 Å². The van der Waals surface area contributed by atoms with Crippen LogP contribution in [0, 0.1) is 23.3 Å². The molecule has 0 aliphatic rings. The van der Waals surface area contributed by atoms with Gasteiger partial charge in [0.05, 0.1) is 5.56 Å². The summed E-state index contributed by atoms with van der Waals surface area (Å²) in [6, 6.07) is 3.06. The first kappa shape index (κ1) is 17.6. The molecule has 0 radical (unpaired) electrons. The number of hydrogen-bond acceptors (Lipinski definition) is 2. The van der Waals surface area contributed by atoms with Crippen molar-refractivity contribution in [2.45, 2.75) is 6.36 Å². The average molecular weight is 354 g/mol. The maximum Gasteiger partial charge on any atom is 0.573 e. The lowest BCUT2D eigenvalue weighted by atomic mass is 10.0. The number of carboxylic acids is 1. The van der Waals surface area contributed by atoms with E-state index in [0.29, 0.717) is 6.07 Å². The largest absolute Gasteiger partial charge is 0.573 e. The highest BCUT2D eigenvalue weighted by Gasteiger charge is 2.32. The highest BCUT2D eigenvalue weighted by molar-refractivity contribution is 5.89. The Labute approximate surface area is 128 Å². The fraction of sp³-hybridized carbons (Fsp3) is 0.0714. The molecule has 3 nitrogen and oxygen atoms in total. The van der Waals surface area contributed by atoms with E-state index in [0.717, 1.165) is 18.2 Å². The highest BCUT2D eigenvalue weighted by Crippen LogP contribution is 2.34. The van der Waals surface area contributed by atoms with Gasteiger partial charge in [-0.15, -0.1) is 13.2 Å². The molecule has 1 N–H and O–H groups in total. The summed E-state index contributed by atoms with van der Waals surface area (Å²) in [4.78, 5) is 10.6. The minimum Gasteiger partial charge on any atom is -0.477 e. The van der Waals surface area contributed by atoms with Gasteiger partial charge in [0.2, 0.25) is 0 Å². The van der Waals surface area contributed by atoms with Crippen LogP contribution in [-0.4, -0.2) is 17.4 Å². The van der Waals surface area contributed by atoms with Crippen molar-refractivity contribution in [3.63, 3.8) is 0 Å². The summed E-state index contributed by atoms with van der Waals surface area (Å²) in [6.07, 6.45) is -5.10. The molecular weight excluding hydrogens is 349 g/mol. The first-order chi connectivity index (χ1) is 11.0. The van der Waals surface area contributed by atoms with Gasteiger partial charge in [-0.1, -0.05) is 12.1 Å². The van der Waals surface area contributed by atoms with E-state index in [4.69, 9.17) is 5.11 Å². The monoisotopic (exact) mass is 354 g/mol. The van der Waals surface area contributed by atoms with Gasteiger partial charge in [-0.05, 0) is 17.7 Å². The zero-order valence-electron chi connectivity index (χ0n) is 11.2. The number of aromatic carboxylic acids is 1. The number of rotatable bonds is 3. The third kappa shape index (κ3) is 3.26. The molecule has 0 atom stereocenters. The molecule has 0 spiro atoms. The van der Waals surface area contributed by atoms with Crippen molar-refractivity contribution in [2.24, 2.45) is 0 Å². The van der Waals surface area contributed by atoms with E-state index in [1.165, 1.54) is 0 Å². The van der Waals surface area contributed by atoms with E-state index in [2.05, 4.69) is 4.74 Å². The minimum absolute atomic E-state index is 0.494. The first-order valence-electron chi connectivity index (χ1n) is 5.98. The molecule has 128 valence electrons. The van der Waals surface area contributed by atoms with Crippen molar-refractivity contribution in [3.05, 3.63) is 53.1 Å². The molecule has 0 saturated carbocycles. The van der Waals surface area contributed by atoms with Crippen LogP contribution in [0.4, 0.5) is 30.7 Å². The molecule has 0 saturated heterocycles. The summed E-state index contributed by atoms with van der Waals surface area (Å²) in [5.74, 6) is -11.6. The zero-order chi connectivity index (χ0) is 18.2. The van der Waals surface area contributed by atoms with Crippen molar-refractivity contribution in [1.29, 1.82) is 0 Å². The van der Waals surface area contributed by atoms with Crippen LogP contribution in [0.3, 0.4) is 0 Å². The lowest BCUT2D eigenvalue weighted by Gasteiger charge is -2.12. The van der Waals surface area contributed by atoms with E-state index >= 15 is 0 Å². The molecule has 0 aliphatic carbocycles. The summed E-state index contributed by atoms with van der Waals surface area (Å²) in [5.41, 5.74) is -3.89.